The van der Waals surface area contributed by atoms with Crippen LogP contribution < -0.4 is 0 Å². The van der Waals surface area contributed by atoms with Crippen molar-refractivity contribution in [3.05, 3.63) is 64.1 Å². The highest BCUT2D eigenvalue weighted by molar-refractivity contribution is 8.01. The Morgan fingerprint density at radius 3 is 2.71 bits per heavy atom. The molecule has 4 rings (SSSR count). The third-order valence-electron chi connectivity index (χ3n) is 5.29. The van der Waals surface area contributed by atoms with E-state index in [4.69, 9.17) is 4.42 Å². The monoisotopic (exact) mass is 401 g/mol. The summed E-state index contributed by atoms with van der Waals surface area (Å²) in [6.07, 6.45) is 2.91. The Kier molecular flexibility index (Phi) is 4.84. The summed E-state index contributed by atoms with van der Waals surface area (Å²) in [4.78, 5) is 38.9. The zero-order valence-corrected chi connectivity index (χ0v) is 15.9. The SMILES string of the molecule is O=C(c1cccc([N+](=O)[O-])c1)N1CCC2(CC1)SCC(=O)N2Cc1ccco1. The van der Waals surface area contributed by atoms with E-state index in [1.165, 1.54) is 18.2 Å². The quantitative estimate of drug-likeness (QED) is 0.577. The molecule has 0 N–H and O–H groups in total. The molecule has 0 saturated carbocycles. The molecule has 2 aliphatic rings. The van der Waals surface area contributed by atoms with Crippen LogP contribution in [0.5, 0.6) is 0 Å². The van der Waals surface area contributed by atoms with E-state index in [0.29, 0.717) is 43.8 Å². The maximum atomic E-state index is 12.8. The predicted molar refractivity (Wildman–Crippen MR) is 103 cm³/mol. The van der Waals surface area contributed by atoms with Crippen molar-refractivity contribution in [2.75, 3.05) is 18.8 Å². The summed E-state index contributed by atoms with van der Waals surface area (Å²) in [5, 5.41) is 11.0. The third kappa shape index (κ3) is 3.37. The van der Waals surface area contributed by atoms with Crippen molar-refractivity contribution in [1.82, 2.24) is 9.80 Å². The van der Waals surface area contributed by atoms with Gasteiger partial charge in [-0.15, -0.1) is 11.8 Å². The van der Waals surface area contributed by atoms with E-state index in [9.17, 15) is 19.7 Å². The Balaban J connectivity index is 1.46. The Morgan fingerprint density at radius 1 is 1.25 bits per heavy atom. The molecule has 1 aromatic carbocycles. The van der Waals surface area contributed by atoms with Crippen LogP contribution in [-0.4, -0.2) is 50.3 Å². The summed E-state index contributed by atoms with van der Waals surface area (Å²) in [5.41, 5.74) is 0.216. The molecule has 2 fully saturated rings. The van der Waals surface area contributed by atoms with Crippen molar-refractivity contribution in [3.8, 4) is 0 Å². The van der Waals surface area contributed by atoms with Gasteiger partial charge in [0.1, 0.15) is 5.76 Å². The summed E-state index contributed by atoms with van der Waals surface area (Å²) in [6.45, 7) is 1.42. The zero-order valence-electron chi connectivity index (χ0n) is 15.1. The largest absolute Gasteiger partial charge is 0.467 e. The van der Waals surface area contributed by atoms with E-state index < -0.39 is 4.92 Å². The number of hydrogen-bond donors (Lipinski definition) is 0. The molecule has 2 aliphatic heterocycles. The van der Waals surface area contributed by atoms with E-state index in [2.05, 4.69) is 0 Å². The maximum absolute atomic E-state index is 12.8. The first-order valence-corrected chi connectivity index (χ1v) is 9.98. The van der Waals surface area contributed by atoms with Crippen LogP contribution in [0.4, 0.5) is 5.69 Å². The first-order chi connectivity index (χ1) is 13.5. The maximum Gasteiger partial charge on any atom is 0.270 e. The molecule has 0 bridgehead atoms. The molecule has 2 amide bonds. The van der Waals surface area contributed by atoms with Gasteiger partial charge in [0.15, 0.2) is 0 Å². The number of benzene rings is 1. The molecule has 3 heterocycles. The summed E-state index contributed by atoms with van der Waals surface area (Å²) < 4.78 is 5.40. The van der Waals surface area contributed by atoms with Crippen molar-refractivity contribution >= 4 is 29.3 Å². The van der Waals surface area contributed by atoms with Gasteiger partial charge in [0, 0.05) is 30.8 Å². The number of amides is 2. The van der Waals surface area contributed by atoms with E-state index in [-0.39, 0.29) is 22.4 Å². The van der Waals surface area contributed by atoms with E-state index in [0.717, 1.165) is 5.76 Å². The smallest absolute Gasteiger partial charge is 0.270 e. The van der Waals surface area contributed by atoms with Gasteiger partial charge in [-0.1, -0.05) is 6.07 Å². The molecule has 0 atom stereocenters. The first kappa shape index (κ1) is 18.5. The number of rotatable bonds is 4. The second-order valence-corrected chi connectivity index (χ2v) is 8.23. The van der Waals surface area contributed by atoms with Gasteiger partial charge in [0.05, 0.1) is 28.4 Å². The molecule has 28 heavy (non-hydrogen) atoms. The zero-order chi connectivity index (χ0) is 19.7. The number of carbonyl (C=O) groups is 2. The highest BCUT2D eigenvalue weighted by Gasteiger charge is 2.48. The second-order valence-electron chi connectivity index (χ2n) is 6.89. The van der Waals surface area contributed by atoms with E-state index >= 15 is 0 Å². The fourth-order valence-corrected chi connectivity index (χ4v) is 5.12. The van der Waals surface area contributed by atoms with Gasteiger partial charge in [-0.2, -0.15) is 0 Å². The Morgan fingerprint density at radius 2 is 2.04 bits per heavy atom. The second kappa shape index (κ2) is 7.31. The lowest BCUT2D eigenvalue weighted by Gasteiger charge is -2.43. The van der Waals surface area contributed by atoms with Crippen LogP contribution in [0.3, 0.4) is 0 Å². The van der Waals surface area contributed by atoms with Crippen molar-refractivity contribution in [2.45, 2.75) is 24.3 Å². The third-order valence-corrected chi connectivity index (χ3v) is 6.84. The molecule has 0 radical (unpaired) electrons. The number of nitrogens with zero attached hydrogens (tertiary/aromatic N) is 3. The normalized spacial score (nSPS) is 18.6. The van der Waals surface area contributed by atoms with Crippen LogP contribution in [0.25, 0.3) is 0 Å². The molecule has 2 aromatic rings. The molecule has 8 nitrogen and oxygen atoms in total. The average Bonchev–Trinajstić information content (AvgIpc) is 3.33. The number of carbonyl (C=O) groups excluding carboxylic acids is 2. The van der Waals surface area contributed by atoms with Crippen molar-refractivity contribution in [3.63, 3.8) is 0 Å². The molecule has 2 saturated heterocycles. The van der Waals surface area contributed by atoms with Crippen LogP contribution in [0.2, 0.25) is 0 Å². The Hall–Kier alpha value is -2.81. The van der Waals surface area contributed by atoms with Crippen LogP contribution in [-0.2, 0) is 11.3 Å². The van der Waals surface area contributed by atoms with Crippen LogP contribution in [0, 0.1) is 10.1 Å². The standard InChI is InChI=1S/C19H19N3O5S/c23-17-13-28-19(21(17)12-16-5-2-10-27-16)6-8-20(9-7-19)18(24)14-3-1-4-15(11-14)22(25)26/h1-5,10-11H,6-9,12-13H2. The fraction of sp³-hybridized carbons (Fsp3) is 0.368. The van der Waals surface area contributed by atoms with Gasteiger partial charge in [0.2, 0.25) is 5.91 Å². The number of nitro groups is 1. The minimum Gasteiger partial charge on any atom is -0.467 e. The minimum atomic E-state index is -0.505. The van der Waals surface area contributed by atoms with Gasteiger partial charge in [-0.3, -0.25) is 19.7 Å². The number of thioether (sulfide) groups is 1. The number of nitro benzene ring substituents is 1. The first-order valence-electron chi connectivity index (χ1n) is 8.99. The summed E-state index contributed by atoms with van der Waals surface area (Å²) in [5.74, 6) is 1.04. The minimum absolute atomic E-state index is 0.0832. The molecular weight excluding hydrogens is 382 g/mol. The lowest BCUT2D eigenvalue weighted by atomic mass is 10.0. The van der Waals surface area contributed by atoms with Crippen LogP contribution in [0.1, 0.15) is 29.0 Å². The van der Waals surface area contributed by atoms with Gasteiger partial charge in [-0.05, 0) is 31.0 Å². The van der Waals surface area contributed by atoms with Gasteiger partial charge >= 0.3 is 0 Å². The van der Waals surface area contributed by atoms with Crippen molar-refractivity contribution in [1.29, 1.82) is 0 Å². The van der Waals surface area contributed by atoms with Crippen molar-refractivity contribution < 1.29 is 18.9 Å². The fourth-order valence-electron chi connectivity index (χ4n) is 3.78. The lowest BCUT2D eigenvalue weighted by molar-refractivity contribution is -0.384. The molecule has 1 spiro atoms. The number of hydrogen-bond acceptors (Lipinski definition) is 6. The predicted octanol–water partition coefficient (Wildman–Crippen LogP) is 2.90. The summed E-state index contributed by atoms with van der Waals surface area (Å²) >= 11 is 1.63. The average molecular weight is 401 g/mol. The Bertz CT molecular complexity index is 906. The van der Waals surface area contributed by atoms with Gasteiger partial charge in [0.25, 0.3) is 11.6 Å². The highest BCUT2D eigenvalue weighted by atomic mass is 32.2. The molecule has 0 aliphatic carbocycles. The van der Waals surface area contributed by atoms with Crippen LogP contribution >= 0.6 is 11.8 Å². The topological polar surface area (TPSA) is 96.9 Å². The number of piperidine rings is 1. The van der Waals surface area contributed by atoms with E-state index in [1.807, 2.05) is 11.0 Å². The van der Waals surface area contributed by atoms with Crippen LogP contribution in [0.15, 0.2) is 47.1 Å². The van der Waals surface area contributed by atoms with Crippen molar-refractivity contribution in [2.24, 2.45) is 0 Å². The summed E-state index contributed by atoms with van der Waals surface area (Å²) in [6, 6.07) is 9.45. The molecule has 1 aromatic heterocycles. The number of non-ortho nitro benzene ring substituents is 1. The highest BCUT2D eigenvalue weighted by Crippen LogP contribution is 2.45. The molecule has 146 valence electrons. The molecule has 0 unspecified atom stereocenters. The van der Waals surface area contributed by atoms with Gasteiger partial charge in [-0.25, -0.2) is 0 Å². The molecular formula is C19H19N3O5S. The van der Waals surface area contributed by atoms with Gasteiger partial charge < -0.3 is 14.2 Å². The molecule has 9 heteroatoms. The Labute approximate surface area is 165 Å². The number of likely N-dealkylation sites (tertiary alicyclic amines) is 1. The number of furan rings is 1. The lowest BCUT2D eigenvalue weighted by Crippen LogP contribution is -2.52. The summed E-state index contributed by atoms with van der Waals surface area (Å²) in [7, 11) is 0. The van der Waals surface area contributed by atoms with E-state index in [1.54, 1.807) is 35.1 Å².